The second-order valence-electron chi connectivity index (χ2n) is 4.20. The molecule has 0 radical (unpaired) electrons. The fourth-order valence-corrected chi connectivity index (χ4v) is 1.22. The van der Waals surface area contributed by atoms with Crippen LogP contribution in [0, 0.1) is 11.8 Å². The number of hydrazone groups is 1. The van der Waals surface area contributed by atoms with Gasteiger partial charge in [-0.25, -0.2) is 5.43 Å². The van der Waals surface area contributed by atoms with Crippen LogP contribution in [0.5, 0.6) is 0 Å². The van der Waals surface area contributed by atoms with Crippen molar-refractivity contribution in [3.63, 3.8) is 0 Å². The summed E-state index contributed by atoms with van der Waals surface area (Å²) < 4.78 is 0. The highest BCUT2D eigenvalue weighted by molar-refractivity contribution is 5.85. The summed E-state index contributed by atoms with van der Waals surface area (Å²) in [7, 11) is 0. The van der Waals surface area contributed by atoms with E-state index in [9.17, 15) is 4.79 Å². The summed E-state index contributed by atoms with van der Waals surface area (Å²) in [5.74, 6) is 0.931. The van der Waals surface area contributed by atoms with Gasteiger partial charge in [-0.15, -0.1) is 0 Å². The second kappa shape index (κ2) is 4.40. The number of hydrogen-bond acceptors (Lipinski definition) is 2. The van der Waals surface area contributed by atoms with Gasteiger partial charge < -0.3 is 0 Å². The van der Waals surface area contributed by atoms with Crippen molar-refractivity contribution in [2.75, 3.05) is 0 Å². The van der Waals surface area contributed by atoms with E-state index in [1.165, 1.54) is 0 Å². The van der Waals surface area contributed by atoms with Gasteiger partial charge >= 0.3 is 0 Å². The van der Waals surface area contributed by atoms with E-state index in [2.05, 4.69) is 24.4 Å². The Morgan fingerprint density at radius 1 is 1.54 bits per heavy atom. The molecule has 1 aliphatic carbocycles. The average Bonchev–Trinajstić information content (AvgIpc) is 2.80. The van der Waals surface area contributed by atoms with Crippen molar-refractivity contribution in [3.05, 3.63) is 0 Å². The van der Waals surface area contributed by atoms with E-state index in [1.54, 1.807) is 0 Å². The lowest BCUT2D eigenvalue weighted by Crippen LogP contribution is -2.20. The Hall–Kier alpha value is -0.860. The molecule has 1 fully saturated rings. The van der Waals surface area contributed by atoms with Crippen molar-refractivity contribution in [1.29, 1.82) is 0 Å². The monoisotopic (exact) mass is 182 g/mol. The third-order valence-corrected chi connectivity index (χ3v) is 2.01. The predicted octanol–water partition coefficient (Wildman–Crippen LogP) is 1.93. The maximum Gasteiger partial charge on any atom is 0.243 e. The molecule has 1 aliphatic rings. The molecule has 1 rings (SSSR count). The highest BCUT2D eigenvalue weighted by atomic mass is 16.2. The largest absolute Gasteiger partial charge is 0.273 e. The zero-order valence-electron chi connectivity index (χ0n) is 8.63. The Bertz CT molecular complexity index is 217. The Labute approximate surface area is 79.6 Å². The summed E-state index contributed by atoms with van der Waals surface area (Å²) in [4.78, 5) is 11.2. The SMILES string of the molecule is C/C(CC(C)C)=N\NC(=O)C1CC1. The van der Waals surface area contributed by atoms with E-state index < -0.39 is 0 Å². The Morgan fingerprint density at radius 2 is 2.15 bits per heavy atom. The van der Waals surface area contributed by atoms with E-state index in [4.69, 9.17) is 0 Å². The summed E-state index contributed by atoms with van der Waals surface area (Å²) in [5.41, 5.74) is 3.60. The van der Waals surface area contributed by atoms with Gasteiger partial charge in [0, 0.05) is 11.6 Å². The number of nitrogens with zero attached hydrogens (tertiary/aromatic N) is 1. The summed E-state index contributed by atoms with van der Waals surface area (Å²) in [6.07, 6.45) is 3.01. The second-order valence-corrected chi connectivity index (χ2v) is 4.20. The Morgan fingerprint density at radius 3 is 2.62 bits per heavy atom. The van der Waals surface area contributed by atoms with E-state index in [-0.39, 0.29) is 11.8 Å². The van der Waals surface area contributed by atoms with Crippen molar-refractivity contribution in [1.82, 2.24) is 5.43 Å². The minimum atomic E-state index is 0.0862. The lowest BCUT2D eigenvalue weighted by atomic mass is 10.1. The van der Waals surface area contributed by atoms with Crippen LogP contribution in [0.15, 0.2) is 5.10 Å². The summed E-state index contributed by atoms with van der Waals surface area (Å²) in [5, 5.41) is 4.04. The average molecular weight is 182 g/mol. The van der Waals surface area contributed by atoms with Gasteiger partial charge in [0.25, 0.3) is 0 Å². The van der Waals surface area contributed by atoms with Crippen LogP contribution in [0.4, 0.5) is 0 Å². The van der Waals surface area contributed by atoms with Gasteiger partial charge in [-0.2, -0.15) is 5.10 Å². The summed E-state index contributed by atoms with van der Waals surface area (Å²) in [6.45, 7) is 6.23. The minimum Gasteiger partial charge on any atom is -0.273 e. The Kier molecular flexibility index (Phi) is 3.46. The van der Waals surface area contributed by atoms with Crippen LogP contribution in [-0.2, 0) is 4.79 Å². The lowest BCUT2D eigenvalue weighted by Gasteiger charge is -2.03. The molecule has 0 aromatic heterocycles. The first-order valence-electron chi connectivity index (χ1n) is 4.92. The van der Waals surface area contributed by atoms with E-state index >= 15 is 0 Å². The third kappa shape index (κ3) is 4.06. The zero-order chi connectivity index (χ0) is 9.84. The molecular formula is C10H18N2O. The van der Waals surface area contributed by atoms with Crippen molar-refractivity contribution in [2.45, 2.75) is 40.0 Å². The smallest absolute Gasteiger partial charge is 0.243 e. The zero-order valence-corrected chi connectivity index (χ0v) is 8.63. The molecule has 0 aromatic rings. The van der Waals surface area contributed by atoms with E-state index in [0.29, 0.717) is 5.92 Å². The summed E-state index contributed by atoms with van der Waals surface area (Å²) in [6, 6.07) is 0. The fourth-order valence-electron chi connectivity index (χ4n) is 1.22. The molecule has 0 aromatic carbocycles. The van der Waals surface area contributed by atoms with Gasteiger partial charge in [0.2, 0.25) is 5.91 Å². The molecule has 74 valence electrons. The molecule has 13 heavy (non-hydrogen) atoms. The van der Waals surface area contributed by atoms with Crippen LogP contribution in [0.1, 0.15) is 40.0 Å². The highest BCUT2D eigenvalue weighted by Gasteiger charge is 2.29. The number of rotatable bonds is 4. The lowest BCUT2D eigenvalue weighted by molar-refractivity contribution is -0.122. The van der Waals surface area contributed by atoms with Crippen LogP contribution >= 0.6 is 0 Å². The molecule has 1 N–H and O–H groups in total. The molecule has 0 unspecified atom stereocenters. The van der Waals surface area contributed by atoms with E-state index in [1.807, 2.05) is 6.92 Å². The quantitative estimate of drug-likeness (QED) is 0.524. The number of carbonyl (C=O) groups excluding carboxylic acids is 1. The molecule has 1 saturated carbocycles. The normalized spacial score (nSPS) is 17.7. The predicted molar refractivity (Wildman–Crippen MR) is 53.4 cm³/mol. The van der Waals surface area contributed by atoms with Crippen LogP contribution < -0.4 is 5.43 Å². The first-order chi connectivity index (χ1) is 6.09. The molecule has 0 heterocycles. The van der Waals surface area contributed by atoms with Gasteiger partial charge in [0.1, 0.15) is 0 Å². The molecule has 0 bridgehead atoms. The number of amides is 1. The van der Waals surface area contributed by atoms with Crippen molar-refractivity contribution in [2.24, 2.45) is 16.9 Å². The molecule has 0 aliphatic heterocycles. The van der Waals surface area contributed by atoms with Gasteiger partial charge in [-0.3, -0.25) is 4.79 Å². The first-order valence-corrected chi connectivity index (χ1v) is 4.92. The van der Waals surface area contributed by atoms with Gasteiger partial charge in [0.15, 0.2) is 0 Å². The standard InChI is InChI=1S/C10H18N2O/c1-7(2)6-8(3)11-12-10(13)9-4-5-9/h7,9H,4-6H2,1-3H3,(H,12,13)/b11-8+. The molecular weight excluding hydrogens is 164 g/mol. The van der Waals surface area contributed by atoms with Crippen molar-refractivity contribution < 1.29 is 4.79 Å². The molecule has 3 nitrogen and oxygen atoms in total. The number of carbonyl (C=O) groups is 1. The number of hydrogen-bond donors (Lipinski definition) is 1. The van der Waals surface area contributed by atoms with Gasteiger partial charge in [-0.1, -0.05) is 13.8 Å². The molecule has 0 atom stereocenters. The number of nitrogens with one attached hydrogen (secondary N) is 1. The van der Waals surface area contributed by atoms with E-state index in [0.717, 1.165) is 25.0 Å². The first kappa shape index (κ1) is 10.2. The molecule has 1 amide bonds. The molecule has 0 spiro atoms. The van der Waals surface area contributed by atoms with Gasteiger partial charge in [-0.05, 0) is 32.1 Å². The van der Waals surface area contributed by atoms with Crippen LogP contribution in [-0.4, -0.2) is 11.6 Å². The summed E-state index contributed by atoms with van der Waals surface area (Å²) >= 11 is 0. The maximum atomic E-state index is 11.2. The topological polar surface area (TPSA) is 41.5 Å². The maximum absolute atomic E-state index is 11.2. The van der Waals surface area contributed by atoms with Crippen LogP contribution in [0.2, 0.25) is 0 Å². The van der Waals surface area contributed by atoms with Crippen molar-refractivity contribution in [3.8, 4) is 0 Å². The van der Waals surface area contributed by atoms with Crippen LogP contribution in [0.3, 0.4) is 0 Å². The van der Waals surface area contributed by atoms with Crippen LogP contribution in [0.25, 0.3) is 0 Å². The molecule has 3 heteroatoms. The molecule has 0 saturated heterocycles. The minimum absolute atomic E-state index is 0.0862. The third-order valence-electron chi connectivity index (χ3n) is 2.01. The van der Waals surface area contributed by atoms with Crippen molar-refractivity contribution >= 4 is 11.6 Å². The van der Waals surface area contributed by atoms with Gasteiger partial charge in [0.05, 0.1) is 0 Å². The Balaban J connectivity index is 2.24. The fraction of sp³-hybridized carbons (Fsp3) is 0.800. The highest BCUT2D eigenvalue weighted by Crippen LogP contribution is 2.28.